The highest BCUT2D eigenvalue weighted by Crippen LogP contribution is 2.41. The molecule has 0 aromatic heterocycles. The van der Waals surface area contributed by atoms with Gasteiger partial charge in [-0.1, -0.05) is 23.7 Å². The molecule has 1 N–H and O–H groups in total. The Hall–Kier alpha value is -0.980. The number of benzene rings is 2. The zero-order valence-electron chi connectivity index (χ0n) is 11.1. The summed E-state index contributed by atoms with van der Waals surface area (Å²) in [5, 5.41) is 10.9. The number of methoxy groups -OCH3 is 2. The number of halogens is 2. The maximum Gasteiger partial charge on any atom is 0.147 e. The predicted octanol–water partition coefficient (Wildman–Crippen LogP) is 4.04. The van der Waals surface area contributed by atoms with Gasteiger partial charge in [0.1, 0.15) is 22.6 Å². The number of aliphatic hydroxyl groups is 1. The minimum atomic E-state index is -0.803. The van der Waals surface area contributed by atoms with Crippen molar-refractivity contribution in [3.8, 4) is 11.5 Å². The highest BCUT2D eigenvalue weighted by atomic mass is 127. The van der Waals surface area contributed by atoms with E-state index in [1.165, 1.54) is 14.2 Å². The first-order chi connectivity index (χ1) is 9.58. The molecule has 0 radical (unpaired) electrons. The minimum absolute atomic E-state index is 0.358. The molecule has 2 aromatic carbocycles. The van der Waals surface area contributed by atoms with Crippen molar-refractivity contribution in [2.24, 2.45) is 0 Å². The first kappa shape index (κ1) is 15.4. The van der Waals surface area contributed by atoms with E-state index >= 15 is 0 Å². The molecule has 0 spiro atoms. The largest absolute Gasteiger partial charge is 0.495 e. The van der Waals surface area contributed by atoms with Crippen LogP contribution in [0.15, 0.2) is 36.4 Å². The van der Waals surface area contributed by atoms with E-state index in [0.717, 1.165) is 9.13 Å². The smallest absolute Gasteiger partial charge is 0.147 e. The van der Waals surface area contributed by atoms with Crippen LogP contribution in [0, 0.1) is 3.57 Å². The van der Waals surface area contributed by atoms with Crippen LogP contribution in [0.2, 0.25) is 5.02 Å². The lowest BCUT2D eigenvalue weighted by Gasteiger charge is -2.18. The van der Waals surface area contributed by atoms with Gasteiger partial charge in [0.05, 0.1) is 14.2 Å². The topological polar surface area (TPSA) is 38.7 Å². The maximum atomic E-state index is 10.5. The Balaban J connectivity index is 2.49. The molecule has 3 nitrogen and oxygen atoms in total. The van der Waals surface area contributed by atoms with Crippen LogP contribution in [0.4, 0.5) is 0 Å². The molecular weight excluding hydrogens is 391 g/mol. The summed E-state index contributed by atoms with van der Waals surface area (Å²) in [5.41, 5.74) is 1.40. The molecule has 106 valence electrons. The molecule has 0 heterocycles. The Morgan fingerprint density at radius 1 is 1.15 bits per heavy atom. The second kappa shape index (κ2) is 6.65. The van der Waals surface area contributed by atoms with Gasteiger partial charge in [-0.15, -0.1) is 0 Å². The first-order valence-electron chi connectivity index (χ1n) is 5.92. The van der Waals surface area contributed by atoms with Crippen LogP contribution in [0.5, 0.6) is 11.5 Å². The SMILES string of the molecule is COc1ccc(C(O)c2cccc(I)c2)c(OC)c1Cl. The lowest BCUT2D eigenvalue weighted by Crippen LogP contribution is -2.04. The molecule has 0 bridgehead atoms. The van der Waals surface area contributed by atoms with E-state index in [9.17, 15) is 5.11 Å². The van der Waals surface area contributed by atoms with E-state index in [1.54, 1.807) is 12.1 Å². The van der Waals surface area contributed by atoms with Gasteiger partial charge in [0.25, 0.3) is 0 Å². The molecule has 0 fully saturated rings. The van der Waals surface area contributed by atoms with E-state index in [2.05, 4.69) is 22.6 Å². The van der Waals surface area contributed by atoms with Gasteiger partial charge in [-0.05, 0) is 52.4 Å². The number of ether oxygens (including phenoxy) is 2. The molecule has 2 rings (SSSR count). The lowest BCUT2D eigenvalue weighted by molar-refractivity contribution is 0.214. The van der Waals surface area contributed by atoms with Crippen molar-refractivity contribution < 1.29 is 14.6 Å². The standard InChI is InChI=1S/C15H14ClIO3/c1-19-12-7-6-11(15(20-2)13(12)16)14(18)9-4-3-5-10(17)8-9/h3-8,14,18H,1-2H3. The summed E-state index contributed by atoms with van der Waals surface area (Å²) in [6.07, 6.45) is -0.803. The van der Waals surface area contributed by atoms with E-state index in [-0.39, 0.29) is 0 Å². The molecule has 0 saturated carbocycles. The summed E-state index contributed by atoms with van der Waals surface area (Å²) in [6.45, 7) is 0. The van der Waals surface area contributed by atoms with Crippen LogP contribution >= 0.6 is 34.2 Å². The van der Waals surface area contributed by atoms with Gasteiger partial charge in [-0.3, -0.25) is 0 Å². The van der Waals surface area contributed by atoms with Crippen molar-refractivity contribution in [3.05, 3.63) is 56.1 Å². The van der Waals surface area contributed by atoms with Gasteiger partial charge in [0.2, 0.25) is 0 Å². The first-order valence-corrected chi connectivity index (χ1v) is 7.38. The summed E-state index contributed by atoms with van der Waals surface area (Å²) in [5.74, 6) is 0.944. The van der Waals surface area contributed by atoms with E-state index in [4.69, 9.17) is 21.1 Å². The molecule has 0 aliphatic rings. The van der Waals surface area contributed by atoms with Crippen LogP contribution in [0.3, 0.4) is 0 Å². The third-order valence-electron chi connectivity index (χ3n) is 2.98. The van der Waals surface area contributed by atoms with Crippen molar-refractivity contribution >= 4 is 34.2 Å². The van der Waals surface area contributed by atoms with E-state index < -0.39 is 6.10 Å². The molecule has 5 heteroatoms. The molecule has 1 unspecified atom stereocenters. The van der Waals surface area contributed by atoms with Gasteiger partial charge >= 0.3 is 0 Å². The second-order valence-electron chi connectivity index (χ2n) is 4.16. The number of hydrogen-bond donors (Lipinski definition) is 1. The van der Waals surface area contributed by atoms with Crippen molar-refractivity contribution in [1.82, 2.24) is 0 Å². The summed E-state index contributed by atoms with van der Waals surface area (Å²) >= 11 is 8.42. The number of aliphatic hydroxyl groups excluding tert-OH is 1. The molecule has 0 saturated heterocycles. The molecule has 0 amide bonds. The van der Waals surface area contributed by atoms with Crippen LogP contribution in [0.25, 0.3) is 0 Å². The predicted molar refractivity (Wildman–Crippen MR) is 87.8 cm³/mol. The third-order valence-corrected chi connectivity index (χ3v) is 4.00. The Morgan fingerprint density at radius 3 is 2.50 bits per heavy atom. The van der Waals surface area contributed by atoms with Crippen molar-refractivity contribution in [2.45, 2.75) is 6.10 Å². The van der Waals surface area contributed by atoms with Gasteiger partial charge < -0.3 is 14.6 Å². The molecule has 20 heavy (non-hydrogen) atoms. The average molecular weight is 405 g/mol. The third kappa shape index (κ3) is 3.02. The zero-order valence-corrected chi connectivity index (χ0v) is 14.0. The minimum Gasteiger partial charge on any atom is -0.495 e. The van der Waals surface area contributed by atoms with E-state index in [1.807, 2.05) is 24.3 Å². The van der Waals surface area contributed by atoms with Crippen LogP contribution in [-0.2, 0) is 0 Å². The number of hydrogen-bond acceptors (Lipinski definition) is 3. The summed E-state index contributed by atoms with van der Waals surface area (Å²) in [7, 11) is 3.06. The molecular formula is C15H14ClIO3. The average Bonchev–Trinajstić information content (AvgIpc) is 2.46. The highest BCUT2D eigenvalue weighted by Gasteiger charge is 2.20. The summed E-state index contributed by atoms with van der Waals surface area (Å²) < 4.78 is 11.5. The normalized spacial score (nSPS) is 12.1. The Morgan fingerprint density at radius 2 is 1.90 bits per heavy atom. The lowest BCUT2D eigenvalue weighted by atomic mass is 10.0. The van der Waals surface area contributed by atoms with Gasteiger partial charge in [-0.25, -0.2) is 0 Å². The Labute approximate surface area is 136 Å². The molecule has 2 aromatic rings. The molecule has 0 aliphatic carbocycles. The quantitative estimate of drug-likeness (QED) is 0.782. The van der Waals surface area contributed by atoms with Crippen LogP contribution in [0.1, 0.15) is 17.2 Å². The number of rotatable bonds is 4. The second-order valence-corrected chi connectivity index (χ2v) is 5.79. The Bertz CT molecular complexity index is 616. The van der Waals surface area contributed by atoms with Gasteiger partial charge in [0, 0.05) is 9.13 Å². The monoisotopic (exact) mass is 404 g/mol. The van der Waals surface area contributed by atoms with Gasteiger partial charge in [0.15, 0.2) is 0 Å². The fourth-order valence-electron chi connectivity index (χ4n) is 1.99. The summed E-state index contributed by atoms with van der Waals surface area (Å²) in [6, 6.07) is 11.1. The van der Waals surface area contributed by atoms with Crippen molar-refractivity contribution in [2.75, 3.05) is 14.2 Å². The Kier molecular flexibility index (Phi) is 5.12. The fourth-order valence-corrected chi connectivity index (χ4v) is 2.88. The van der Waals surface area contributed by atoms with Crippen molar-refractivity contribution in [3.63, 3.8) is 0 Å². The zero-order chi connectivity index (χ0) is 14.7. The summed E-state index contributed by atoms with van der Waals surface area (Å²) in [4.78, 5) is 0. The van der Waals surface area contributed by atoms with Crippen LogP contribution < -0.4 is 9.47 Å². The maximum absolute atomic E-state index is 10.5. The van der Waals surface area contributed by atoms with Gasteiger partial charge in [-0.2, -0.15) is 0 Å². The van der Waals surface area contributed by atoms with E-state index in [0.29, 0.717) is 22.1 Å². The highest BCUT2D eigenvalue weighted by molar-refractivity contribution is 14.1. The molecule has 0 aliphatic heterocycles. The van der Waals surface area contributed by atoms with Crippen LogP contribution in [-0.4, -0.2) is 19.3 Å². The fraction of sp³-hybridized carbons (Fsp3) is 0.200. The van der Waals surface area contributed by atoms with Crippen molar-refractivity contribution in [1.29, 1.82) is 0 Å². The molecule has 1 atom stereocenters.